The lowest BCUT2D eigenvalue weighted by Crippen LogP contribution is -2.09. The van der Waals surface area contributed by atoms with Crippen molar-refractivity contribution in [2.45, 2.75) is 13.3 Å². The average Bonchev–Trinajstić information content (AvgIpc) is 3.08. The molecule has 2 aromatic heterocycles. The molecule has 23 heavy (non-hydrogen) atoms. The first-order chi connectivity index (χ1) is 10.9. The van der Waals surface area contributed by atoms with Gasteiger partial charge in [0.2, 0.25) is 10.0 Å². The number of anilines is 1. The van der Waals surface area contributed by atoms with E-state index in [1.807, 2.05) is 24.4 Å². The second-order valence-electron chi connectivity index (χ2n) is 5.11. The summed E-state index contributed by atoms with van der Waals surface area (Å²) in [6.45, 7) is 1.99. The van der Waals surface area contributed by atoms with Gasteiger partial charge in [0.1, 0.15) is 0 Å². The molecule has 5 nitrogen and oxygen atoms in total. The summed E-state index contributed by atoms with van der Waals surface area (Å²) in [6.07, 6.45) is 1.87. The van der Waals surface area contributed by atoms with Gasteiger partial charge in [-0.3, -0.25) is 4.72 Å². The van der Waals surface area contributed by atoms with Gasteiger partial charge < -0.3 is 0 Å². The fourth-order valence-electron chi connectivity index (χ4n) is 2.09. The van der Waals surface area contributed by atoms with E-state index < -0.39 is 10.0 Å². The van der Waals surface area contributed by atoms with Crippen molar-refractivity contribution in [3.63, 3.8) is 0 Å². The minimum absolute atomic E-state index is 0.546. The van der Waals surface area contributed by atoms with Gasteiger partial charge in [0.15, 0.2) is 0 Å². The Labute approximate surface area is 143 Å². The molecular formula is C15H15N3O2S3. The van der Waals surface area contributed by atoms with Crippen LogP contribution in [0.2, 0.25) is 0 Å². The van der Waals surface area contributed by atoms with Crippen molar-refractivity contribution in [2.75, 3.05) is 11.0 Å². The van der Waals surface area contributed by atoms with E-state index in [1.165, 1.54) is 0 Å². The van der Waals surface area contributed by atoms with Gasteiger partial charge in [-0.05, 0) is 19.1 Å². The normalized spacial score (nSPS) is 11.6. The molecule has 3 rings (SSSR count). The maximum absolute atomic E-state index is 11.2. The smallest absolute Gasteiger partial charge is 0.229 e. The first kappa shape index (κ1) is 16.1. The number of hydrogen-bond donors (Lipinski definition) is 1. The van der Waals surface area contributed by atoms with Crippen LogP contribution in [0.15, 0.2) is 35.0 Å². The monoisotopic (exact) mass is 365 g/mol. The van der Waals surface area contributed by atoms with Gasteiger partial charge in [0.05, 0.1) is 27.7 Å². The molecule has 0 aliphatic carbocycles. The fraction of sp³-hybridized carbons (Fsp3) is 0.200. The van der Waals surface area contributed by atoms with Crippen LogP contribution in [-0.2, 0) is 16.4 Å². The van der Waals surface area contributed by atoms with Crippen molar-refractivity contribution in [3.8, 4) is 11.3 Å². The topological polar surface area (TPSA) is 72.0 Å². The third kappa shape index (κ3) is 4.37. The summed E-state index contributed by atoms with van der Waals surface area (Å²) in [5.74, 6) is 0. The average molecular weight is 366 g/mol. The standard InChI is InChI=1S/C15H15N3O2S3/c1-10-16-13(8-21-10)7-15-17-14(9-22-15)11-3-5-12(6-4-11)18-23(2,19)20/h3-6,8-9,18H,7H2,1-2H3. The van der Waals surface area contributed by atoms with E-state index in [2.05, 4.69) is 20.1 Å². The zero-order chi connectivity index (χ0) is 16.4. The lowest BCUT2D eigenvalue weighted by Gasteiger charge is -2.04. The summed E-state index contributed by atoms with van der Waals surface area (Å²) in [6, 6.07) is 7.19. The number of benzene rings is 1. The van der Waals surface area contributed by atoms with Crippen molar-refractivity contribution < 1.29 is 8.42 Å². The van der Waals surface area contributed by atoms with E-state index in [9.17, 15) is 8.42 Å². The number of rotatable bonds is 5. The molecule has 0 amide bonds. The molecule has 1 aromatic carbocycles. The number of aromatic nitrogens is 2. The van der Waals surface area contributed by atoms with Crippen LogP contribution in [0, 0.1) is 6.92 Å². The molecule has 0 radical (unpaired) electrons. The first-order valence-electron chi connectivity index (χ1n) is 6.83. The Hall–Kier alpha value is -1.77. The van der Waals surface area contributed by atoms with E-state index in [0.29, 0.717) is 5.69 Å². The third-order valence-corrected chi connectivity index (χ3v) is 5.31. The molecule has 0 spiro atoms. The summed E-state index contributed by atoms with van der Waals surface area (Å²) < 4.78 is 24.9. The molecule has 0 saturated carbocycles. The van der Waals surface area contributed by atoms with Crippen molar-refractivity contribution in [3.05, 3.63) is 50.7 Å². The Balaban J connectivity index is 1.75. The fourth-order valence-corrected chi connectivity index (χ4v) is 4.09. The molecule has 0 bridgehead atoms. The molecule has 2 heterocycles. The van der Waals surface area contributed by atoms with Crippen LogP contribution in [0.4, 0.5) is 5.69 Å². The van der Waals surface area contributed by atoms with Gasteiger partial charge in [-0.1, -0.05) is 12.1 Å². The third-order valence-electron chi connectivity index (χ3n) is 3.03. The lowest BCUT2D eigenvalue weighted by molar-refractivity contribution is 0.607. The van der Waals surface area contributed by atoms with E-state index >= 15 is 0 Å². The number of aryl methyl sites for hydroxylation is 1. The maximum Gasteiger partial charge on any atom is 0.229 e. The first-order valence-corrected chi connectivity index (χ1v) is 10.5. The Kier molecular flexibility index (Phi) is 4.47. The number of sulfonamides is 1. The van der Waals surface area contributed by atoms with Crippen LogP contribution in [0.1, 0.15) is 15.7 Å². The van der Waals surface area contributed by atoms with Gasteiger partial charge >= 0.3 is 0 Å². The molecule has 0 saturated heterocycles. The summed E-state index contributed by atoms with van der Waals surface area (Å²) in [7, 11) is -3.25. The van der Waals surface area contributed by atoms with Crippen LogP contribution in [0.5, 0.6) is 0 Å². The predicted molar refractivity (Wildman–Crippen MR) is 95.7 cm³/mol. The van der Waals surface area contributed by atoms with Crippen LogP contribution in [0.3, 0.4) is 0 Å². The molecule has 0 aliphatic heterocycles. The minimum Gasteiger partial charge on any atom is -0.284 e. The molecule has 0 atom stereocenters. The van der Waals surface area contributed by atoms with Crippen molar-refractivity contribution >= 4 is 38.4 Å². The summed E-state index contributed by atoms with van der Waals surface area (Å²) in [4.78, 5) is 9.09. The van der Waals surface area contributed by atoms with E-state index in [0.717, 1.165) is 39.6 Å². The Morgan fingerprint density at radius 2 is 1.83 bits per heavy atom. The van der Waals surface area contributed by atoms with E-state index in [1.54, 1.807) is 34.8 Å². The number of hydrogen-bond acceptors (Lipinski definition) is 6. The van der Waals surface area contributed by atoms with Crippen molar-refractivity contribution in [1.82, 2.24) is 9.97 Å². The summed E-state index contributed by atoms with van der Waals surface area (Å²) >= 11 is 3.25. The Morgan fingerprint density at radius 3 is 2.43 bits per heavy atom. The molecule has 0 aliphatic rings. The predicted octanol–water partition coefficient (Wildman–Crippen LogP) is 3.54. The minimum atomic E-state index is -3.25. The number of nitrogens with zero attached hydrogens (tertiary/aromatic N) is 2. The number of nitrogens with one attached hydrogen (secondary N) is 1. The van der Waals surface area contributed by atoms with E-state index in [4.69, 9.17) is 0 Å². The van der Waals surface area contributed by atoms with E-state index in [-0.39, 0.29) is 0 Å². The van der Waals surface area contributed by atoms with Crippen LogP contribution in [0.25, 0.3) is 11.3 Å². The molecular weight excluding hydrogens is 350 g/mol. The van der Waals surface area contributed by atoms with Gasteiger partial charge in [0, 0.05) is 28.4 Å². The Bertz CT molecular complexity index is 912. The van der Waals surface area contributed by atoms with Crippen LogP contribution in [-0.4, -0.2) is 24.6 Å². The highest BCUT2D eigenvalue weighted by Gasteiger charge is 2.08. The number of thiazole rings is 2. The maximum atomic E-state index is 11.2. The van der Waals surface area contributed by atoms with Gasteiger partial charge in [-0.25, -0.2) is 18.4 Å². The largest absolute Gasteiger partial charge is 0.284 e. The van der Waals surface area contributed by atoms with Crippen molar-refractivity contribution in [2.24, 2.45) is 0 Å². The Morgan fingerprint density at radius 1 is 1.09 bits per heavy atom. The van der Waals surface area contributed by atoms with Crippen LogP contribution < -0.4 is 4.72 Å². The highest BCUT2D eigenvalue weighted by atomic mass is 32.2. The summed E-state index contributed by atoms with van der Waals surface area (Å²) in [5.41, 5.74) is 3.44. The van der Waals surface area contributed by atoms with Crippen LogP contribution >= 0.6 is 22.7 Å². The zero-order valence-corrected chi connectivity index (χ0v) is 15.1. The molecule has 120 valence electrons. The molecule has 1 N–H and O–H groups in total. The second-order valence-corrected chi connectivity index (χ2v) is 8.87. The van der Waals surface area contributed by atoms with Gasteiger partial charge in [-0.15, -0.1) is 22.7 Å². The van der Waals surface area contributed by atoms with Crippen molar-refractivity contribution in [1.29, 1.82) is 0 Å². The van der Waals surface area contributed by atoms with Gasteiger partial charge in [-0.2, -0.15) is 0 Å². The van der Waals surface area contributed by atoms with Gasteiger partial charge in [0.25, 0.3) is 0 Å². The highest BCUT2D eigenvalue weighted by molar-refractivity contribution is 7.92. The summed E-state index contributed by atoms with van der Waals surface area (Å²) in [5, 5.41) is 6.14. The molecule has 3 aromatic rings. The zero-order valence-electron chi connectivity index (χ0n) is 12.6. The lowest BCUT2D eigenvalue weighted by atomic mass is 10.1. The SMILES string of the molecule is Cc1nc(Cc2nc(-c3ccc(NS(C)(=O)=O)cc3)cs2)cs1. The quantitative estimate of drug-likeness (QED) is 0.751. The molecule has 8 heteroatoms. The molecule has 0 fully saturated rings. The second kappa shape index (κ2) is 6.38. The molecule has 0 unspecified atom stereocenters. The highest BCUT2D eigenvalue weighted by Crippen LogP contribution is 2.25.